The van der Waals surface area contributed by atoms with E-state index < -0.39 is 5.63 Å². The average Bonchev–Trinajstić information content (AvgIpc) is 2.54. The summed E-state index contributed by atoms with van der Waals surface area (Å²) < 4.78 is 5.17. The standard InChI is InChI=1S/C18H14O5/c1-9-10(2)16(20)11(8-14(9)19)7-13-17(21)12-5-3-4-6-15(12)23-18(13)22/h3-6,8,21H,7H2,1-2H3. The number of hydrogen-bond donors (Lipinski definition) is 1. The molecule has 0 spiro atoms. The monoisotopic (exact) mass is 310 g/mol. The van der Waals surface area contributed by atoms with Crippen molar-refractivity contribution in [2.45, 2.75) is 20.3 Å². The summed E-state index contributed by atoms with van der Waals surface area (Å²) in [5.74, 6) is -0.780. The van der Waals surface area contributed by atoms with Gasteiger partial charge >= 0.3 is 5.63 Å². The van der Waals surface area contributed by atoms with Crippen molar-refractivity contribution < 1.29 is 19.1 Å². The highest BCUT2D eigenvalue weighted by Crippen LogP contribution is 2.29. The third-order valence-corrected chi connectivity index (χ3v) is 4.11. The summed E-state index contributed by atoms with van der Waals surface area (Å²) in [5.41, 5.74) is 0.460. The van der Waals surface area contributed by atoms with E-state index >= 15 is 0 Å². The molecule has 1 aliphatic carbocycles. The van der Waals surface area contributed by atoms with E-state index in [9.17, 15) is 19.5 Å². The second kappa shape index (κ2) is 5.35. The smallest absolute Gasteiger partial charge is 0.343 e. The number of hydrogen-bond acceptors (Lipinski definition) is 5. The van der Waals surface area contributed by atoms with Crippen molar-refractivity contribution in [1.82, 2.24) is 0 Å². The SMILES string of the molecule is CC1=C(C)C(=O)C(Cc2c(O)c3ccccc3oc2=O)=CC1=O. The molecular weight excluding hydrogens is 296 g/mol. The number of Topliss-reactive ketones (excluding diaryl/α,β-unsaturated/α-hetero) is 1. The van der Waals surface area contributed by atoms with Crippen LogP contribution < -0.4 is 5.63 Å². The number of carbonyl (C=O) groups is 2. The van der Waals surface area contributed by atoms with Crippen LogP contribution in [0.3, 0.4) is 0 Å². The number of ketones is 2. The zero-order valence-electron chi connectivity index (χ0n) is 12.7. The summed E-state index contributed by atoms with van der Waals surface area (Å²) in [6.07, 6.45) is 1.08. The van der Waals surface area contributed by atoms with Gasteiger partial charge in [-0.1, -0.05) is 12.1 Å². The topological polar surface area (TPSA) is 84.6 Å². The summed E-state index contributed by atoms with van der Waals surface area (Å²) in [5, 5.41) is 10.7. The fourth-order valence-electron chi connectivity index (χ4n) is 2.58. The zero-order chi connectivity index (χ0) is 16.7. The van der Waals surface area contributed by atoms with Gasteiger partial charge in [-0.05, 0) is 32.1 Å². The van der Waals surface area contributed by atoms with Gasteiger partial charge in [0.25, 0.3) is 0 Å². The van der Waals surface area contributed by atoms with Gasteiger partial charge in [-0.3, -0.25) is 9.59 Å². The first-order valence-electron chi connectivity index (χ1n) is 7.11. The highest BCUT2D eigenvalue weighted by atomic mass is 16.4. The molecule has 1 aliphatic rings. The van der Waals surface area contributed by atoms with Crippen LogP contribution in [-0.4, -0.2) is 16.7 Å². The van der Waals surface area contributed by atoms with Crippen molar-refractivity contribution >= 4 is 22.5 Å². The molecule has 1 heterocycles. The van der Waals surface area contributed by atoms with Crippen molar-refractivity contribution in [1.29, 1.82) is 0 Å². The van der Waals surface area contributed by atoms with Gasteiger partial charge in [0.2, 0.25) is 0 Å². The minimum atomic E-state index is -0.716. The molecule has 0 amide bonds. The van der Waals surface area contributed by atoms with Crippen LogP contribution in [0, 0.1) is 0 Å². The van der Waals surface area contributed by atoms with Crippen LogP contribution in [0.15, 0.2) is 56.3 Å². The lowest BCUT2D eigenvalue weighted by atomic mass is 9.88. The minimum absolute atomic E-state index is 0.0246. The van der Waals surface area contributed by atoms with E-state index in [1.807, 2.05) is 0 Å². The Balaban J connectivity index is 2.10. The van der Waals surface area contributed by atoms with E-state index in [0.29, 0.717) is 16.5 Å². The molecule has 0 unspecified atom stereocenters. The van der Waals surface area contributed by atoms with Gasteiger partial charge in [0.15, 0.2) is 11.6 Å². The highest BCUT2D eigenvalue weighted by molar-refractivity contribution is 6.22. The quantitative estimate of drug-likeness (QED) is 0.680. The van der Waals surface area contributed by atoms with Gasteiger partial charge in [-0.15, -0.1) is 0 Å². The number of aromatic hydroxyl groups is 1. The van der Waals surface area contributed by atoms with E-state index in [2.05, 4.69) is 0 Å². The van der Waals surface area contributed by atoms with Crippen molar-refractivity contribution in [2.24, 2.45) is 0 Å². The fraction of sp³-hybridized carbons (Fsp3) is 0.167. The Labute approximate surface area is 131 Å². The van der Waals surface area contributed by atoms with Gasteiger partial charge in [-0.25, -0.2) is 4.79 Å². The second-order valence-corrected chi connectivity index (χ2v) is 5.50. The van der Waals surface area contributed by atoms with Crippen molar-refractivity contribution in [3.8, 4) is 5.75 Å². The maximum atomic E-state index is 12.3. The Hall–Kier alpha value is -2.95. The Kier molecular flexibility index (Phi) is 3.48. The number of benzene rings is 1. The Morgan fingerprint density at radius 1 is 1.04 bits per heavy atom. The van der Waals surface area contributed by atoms with Gasteiger partial charge in [-0.2, -0.15) is 0 Å². The summed E-state index contributed by atoms with van der Waals surface area (Å²) >= 11 is 0. The fourth-order valence-corrected chi connectivity index (χ4v) is 2.58. The molecular formula is C18H14O5. The molecule has 0 radical (unpaired) electrons. The number of carbonyl (C=O) groups excluding carboxylic acids is 2. The molecule has 5 nitrogen and oxygen atoms in total. The normalized spacial score (nSPS) is 15.3. The molecule has 116 valence electrons. The number of para-hydroxylation sites is 1. The van der Waals surface area contributed by atoms with Gasteiger partial charge in [0, 0.05) is 23.1 Å². The Morgan fingerprint density at radius 2 is 1.74 bits per heavy atom. The van der Waals surface area contributed by atoms with Crippen LogP contribution in [-0.2, 0) is 16.0 Å². The molecule has 2 aromatic rings. The van der Waals surface area contributed by atoms with Crippen LogP contribution >= 0.6 is 0 Å². The predicted molar refractivity (Wildman–Crippen MR) is 84.3 cm³/mol. The van der Waals surface area contributed by atoms with E-state index in [0.717, 1.165) is 0 Å². The molecule has 5 heteroatoms. The van der Waals surface area contributed by atoms with Gasteiger partial charge < -0.3 is 9.52 Å². The first-order valence-corrected chi connectivity index (χ1v) is 7.11. The average molecular weight is 310 g/mol. The molecule has 0 aliphatic heterocycles. The van der Waals surface area contributed by atoms with Crippen LogP contribution in [0.25, 0.3) is 11.0 Å². The predicted octanol–water partition coefficient (Wildman–Crippen LogP) is 2.46. The number of fused-ring (bicyclic) bond motifs is 1. The van der Waals surface area contributed by atoms with Crippen molar-refractivity contribution in [3.05, 3.63) is 63.0 Å². The van der Waals surface area contributed by atoms with E-state index in [1.165, 1.54) is 6.08 Å². The maximum absolute atomic E-state index is 12.3. The molecule has 1 N–H and O–H groups in total. The lowest BCUT2D eigenvalue weighted by Gasteiger charge is -2.14. The van der Waals surface area contributed by atoms with Crippen molar-refractivity contribution in [2.75, 3.05) is 0 Å². The Bertz CT molecular complexity index is 973. The minimum Gasteiger partial charge on any atom is -0.507 e. The highest BCUT2D eigenvalue weighted by Gasteiger charge is 2.25. The second-order valence-electron chi connectivity index (χ2n) is 5.50. The molecule has 1 aromatic heterocycles. The molecule has 0 saturated heterocycles. The maximum Gasteiger partial charge on any atom is 0.343 e. The van der Waals surface area contributed by atoms with Crippen molar-refractivity contribution in [3.63, 3.8) is 0 Å². The molecule has 3 rings (SSSR count). The third kappa shape index (κ3) is 2.40. The third-order valence-electron chi connectivity index (χ3n) is 4.11. The van der Waals surface area contributed by atoms with Crippen LogP contribution in [0.1, 0.15) is 19.4 Å². The molecule has 1 aromatic carbocycles. The van der Waals surface area contributed by atoms with Gasteiger partial charge in [0.05, 0.1) is 10.9 Å². The summed E-state index contributed by atoms with van der Waals surface area (Å²) in [4.78, 5) is 36.3. The van der Waals surface area contributed by atoms with E-state index in [1.54, 1.807) is 38.1 Å². The van der Waals surface area contributed by atoms with E-state index in [4.69, 9.17) is 4.42 Å². The first-order chi connectivity index (χ1) is 10.9. The lowest BCUT2D eigenvalue weighted by molar-refractivity contribution is -0.115. The summed E-state index contributed by atoms with van der Waals surface area (Å²) in [6, 6.07) is 6.59. The molecule has 0 bridgehead atoms. The largest absolute Gasteiger partial charge is 0.507 e. The van der Waals surface area contributed by atoms with Crippen LogP contribution in [0.4, 0.5) is 0 Å². The van der Waals surface area contributed by atoms with Crippen LogP contribution in [0.2, 0.25) is 0 Å². The molecule has 0 atom stereocenters. The lowest BCUT2D eigenvalue weighted by Crippen LogP contribution is -2.20. The Morgan fingerprint density at radius 3 is 2.48 bits per heavy atom. The summed E-state index contributed by atoms with van der Waals surface area (Å²) in [7, 11) is 0. The van der Waals surface area contributed by atoms with Crippen LogP contribution in [0.5, 0.6) is 5.75 Å². The first kappa shape index (κ1) is 15.0. The molecule has 0 fully saturated rings. The molecule has 23 heavy (non-hydrogen) atoms. The number of rotatable bonds is 2. The summed E-state index contributed by atoms with van der Waals surface area (Å²) in [6.45, 7) is 3.16. The zero-order valence-corrected chi connectivity index (χ0v) is 12.7. The number of allylic oxidation sites excluding steroid dienone is 4. The van der Waals surface area contributed by atoms with Gasteiger partial charge in [0.1, 0.15) is 11.3 Å². The molecule has 0 saturated carbocycles. The van der Waals surface area contributed by atoms with E-state index in [-0.39, 0.29) is 40.5 Å².